The molecule has 0 unspecified atom stereocenters. The highest BCUT2D eigenvalue weighted by atomic mass is 32.1. The molecule has 2 aromatic heterocycles. The number of hydrogen-bond donors (Lipinski definition) is 0. The van der Waals surface area contributed by atoms with Gasteiger partial charge in [-0.1, -0.05) is 17.3 Å². The molecule has 0 aliphatic rings. The molecule has 3 rings (SSSR count). The molecule has 20 heavy (non-hydrogen) atoms. The van der Waals surface area contributed by atoms with Gasteiger partial charge in [-0.05, 0) is 24.4 Å². The summed E-state index contributed by atoms with van der Waals surface area (Å²) in [6.45, 7) is 1.69. The number of nitrogens with zero attached hydrogens (tertiary/aromatic N) is 3. The molecular weight excluding hydrogens is 278 g/mol. The Hall–Kier alpha value is -2.54. The maximum absolute atomic E-state index is 10.9. The minimum Gasteiger partial charge on any atom is -0.334 e. The van der Waals surface area contributed by atoms with Gasteiger partial charge in [-0.25, -0.2) is 0 Å². The Bertz CT molecular complexity index is 765. The van der Waals surface area contributed by atoms with Crippen molar-refractivity contribution in [3.63, 3.8) is 0 Å². The second-order valence-corrected chi connectivity index (χ2v) is 5.11. The van der Waals surface area contributed by atoms with Crippen molar-refractivity contribution in [1.29, 1.82) is 0 Å². The number of aromatic nitrogens is 2. The van der Waals surface area contributed by atoms with Crippen LogP contribution >= 0.6 is 11.3 Å². The molecule has 0 amide bonds. The lowest BCUT2D eigenvalue weighted by atomic mass is 10.1. The van der Waals surface area contributed by atoms with E-state index >= 15 is 0 Å². The predicted octanol–water partition coefficient (Wildman–Crippen LogP) is 3.68. The summed E-state index contributed by atoms with van der Waals surface area (Å²) >= 11 is 1.50. The summed E-state index contributed by atoms with van der Waals surface area (Å²) in [7, 11) is 0. The Balaban J connectivity index is 2.02. The van der Waals surface area contributed by atoms with E-state index in [1.54, 1.807) is 19.1 Å². The molecule has 0 saturated carbocycles. The fourth-order valence-electron chi connectivity index (χ4n) is 1.79. The van der Waals surface area contributed by atoms with Gasteiger partial charge in [0.05, 0.1) is 9.80 Å². The van der Waals surface area contributed by atoms with Crippen LogP contribution in [0.1, 0.15) is 5.56 Å². The summed E-state index contributed by atoms with van der Waals surface area (Å²) in [5.74, 6) is 0.759. The molecule has 6 nitrogen and oxygen atoms in total. The van der Waals surface area contributed by atoms with Crippen LogP contribution in [0.25, 0.3) is 22.2 Å². The second-order valence-electron chi connectivity index (χ2n) is 4.16. The first-order valence-electron chi connectivity index (χ1n) is 5.78. The highest BCUT2D eigenvalue weighted by molar-refractivity contribution is 7.13. The van der Waals surface area contributed by atoms with Gasteiger partial charge >= 0.3 is 0 Å². The zero-order valence-corrected chi connectivity index (χ0v) is 11.3. The first-order chi connectivity index (χ1) is 9.65. The lowest BCUT2D eigenvalue weighted by Crippen LogP contribution is -1.92. The molecule has 0 radical (unpaired) electrons. The normalized spacial score (nSPS) is 10.7. The Kier molecular flexibility index (Phi) is 3.03. The molecule has 0 aliphatic carbocycles. The third-order valence-corrected chi connectivity index (χ3v) is 3.69. The lowest BCUT2D eigenvalue weighted by molar-refractivity contribution is -0.385. The quantitative estimate of drug-likeness (QED) is 0.542. The molecule has 0 saturated heterocycles. The number of nitro groups is 1. The van der Waals surface area contributed by atoms with E-state index < -0.39 is 4.92 Å². The number of rotatable bonds is 3. The molecule has 1 aromatic carbocycles. The zero-order valence-electron chi connectivity index (χ0n) is 10.4. The maximum atomic E-state index is 10.9. The van der Waals surface area contributed by atoms with Gasteiger partial charge in [-0.2, -0.15) is 4.98 Å². The van der Waals surface area contributed by atoms with E-state index in [-0.39, 0.29) is 11.6 Å². The number of benzene rings is 1. The molecule has 0 spiro atoms. The van der Waals surface area contributed by atoms with Crippen LogP contribution in [0.15, 0.2) is 40.2 Å². The maximum Gasteiger partial charge on any atom is 0.273 e. The summed E-state index contributed by atoms with van der Waals surface area (Å²) in [5.41, 5.74) is 1.17. The van der Waals surface area contributed by atoms with Crippen molar-refractivity contribution < 1.29 is 9.45 Å². The molecule has 0 fully saturated rings. The molecule has 2 heterocycles. The van der Waals surface area contributed by atoms with Crippen LogP contribution in [0.3, 0.4) is 0 Å². The van der Waals surface area contributed by atoms with E-state index in [1.807, 2.05) is 17.5 Å². The van der Waals surface area contributed by atoms with Crippen molar-refractivity contribution in [1.82, 2.24) is 10.1 Å². The van der Waals surface area contributed by atoms with E-state index in [4.69, 9.17) is 4.52 Å². The minimum absolute atomic E-state index is 0.0402. The third kappa shape index (κ3) is 2.19. The molecule has 0 N–H and O–H groups in total. The standard InChI is InChI=1S/C13H9N3O3S/c1-8-4-5-9(7-10(8)16(17)18)13-14-12(15-19-13)11-3-2-6-20-11/h2-7H,1H3. The van der Waals surface area contributed by atoms with Crippen LogP contribution in [-0.2, 0) is 0 Å². The summed E-state index contributed by atoms with van der Waals surface area (Å²) in [5, 5.41) is 16.7. The Morgan fingerprint density at radius 3 is 2.90 bits per heavy atom. The van der Waals surface area contributed by atoms with Gasteiger partial charge in [0.25, 0.3) is 11.6 Å². The molecule has 100 valence electrons. The topological polar surface area (TPSA) is 82.1 Å². The smallest absolute Gasteiger partial charge is 0.273 e. The summed E-state index contributed by atoms with van der Waals surface area (Å²) in [4.78, 5) is 15.7. The van der Waals surface area contributed by atoms with E-state index in [2.05, 4.69) is 10.1 Å². The van der Waals surface area contributed by atoms with E-state index in [0.717, 1.165) is 4.88 Å². The van der Waals surface area contributed by atoms with Crippen molar-refractivity contribution in [2.75, 3.05) is 0 Å². The fourth-order valence-corrected chi connectivity index (χ4v) is 2.43. The summed E-state index contributed by atoms with van der Waals surface area (Å²) in [6.07, 6.45) is 0. The molecule has 3 aromatic rings. The average molecular weight is 287 g/mol. The third-order valence-electron chi connectivity index (χ3n) is 2.82. The monoisotopic (exact) mass is 287 g/mol. The Morgan fingerprint density at radius 1 is 1.35 bits per heavy atom. The first-order valence-corrected chi connectivity index (χ1v) is 6.66. The SMILES string of the molecule is Cc1ccc(-c2nc(-c3cccs3)no2)cc1[N+](=O)[O-]. The van der Waals surface area contributed by atoms with E-state index in [0.29, 0.717) is 17.0 Å². The van der Waals surface area contributed by atoms with Crippen LogP contribution < -0.4 is 0 Å². The molecule has 0 bridgehead atoms. The van der Waals surface area contributed by atoms with Crippen molar-refractivity contribution in [3.05, 3.63) is 51.4 Å². The van der Waals surface area contributed by atoms with Crippen molar-refractivity contribution >= 4 is 17.0 Å². The lowest BCUT2D eigenvalue weighted by Gasteiger charge is -1.98. The molecule has 7 heteroatoms. The fraction of sp³-hybridized carbons (Fsp3) is 0.0769. The van der Waals surface area contributed by atoms with Gasteiger partial charge in [-0.3, -0.25) is 10.1 Å². The summed E-state index contributed by atoms with van der Waals surface area (Å²) in [6, 6.07) is 8.63. The predicted molar refractivity (Wildman–Crippen MR) is 74.4 cm³/mol. The van der Waals surface area contributed by atoms with Crippen molar-refractivity contribution in [3.8, 4) is 22.2 Å². The van der Waals surface area contributed by atoms with Crippen LogP contribution in [0.4, 0.5) is 5.69 Å². The minimum atomic E-state index is -0.421. The average Bonchev–Trinajstić information content (AvgIpc) is 3.09. The number of thiophene rings is 1. The molecular formula is C13H9N3O3S. The van der Waals surface area contributed by atoms with Gasteiger partial charge in [-0.15, -0.1) is 11.3 Å². The van der Waals surface area contributed by atoms with Crippen molar-refractivity contribution in [2.45, 2.75) is 6.92 Å². The Morgan fingerprint density at radius 2 is 2.20 bits per heavy atom. The molecule has 0 atom stereocenters. The van der Waals surface area contributed by atoms with E-state index in [9.17, 15) is 10.1 Å². The van der Waals surface area contributed by atoms with Crippen LogP contribution in [0.2, 0.25) is 0 Å². The Labute approximate surface area is 117 Å². The van der Waals surface area contributed by atoms with Gasteiger partial charge in [0.15, 0.2) is 0 Å². The number of hydrogen-bond acceptors (Lipinski definition) is 6. The zero-order chi connectivity index (χ0) is 14.1. The first kappa shape index (κ1) is 12.5. The largest absolute Gasteiger partial charge is 0.334 e. The van der Waals surface area contributed by atoms with Gasteiger partial charge < -0.3 is 4.52 Å². The van der Waals surface area contributed by atoms with Crippen LogP contribution in [-0.4, -0.2) is 15.1 Å². The molecule has 0 aliphatic heterocycles. The number of nitro benzene ring substituents is 1. The number of aryl methyl sites for hydroxylation is 1. The van der Waals surface area contributed by atoms with Gasteiger partial charge in [0.2, 0.25) is 5.82 Å². The van der Waals surface area contributed by atoms with E-state index in [1.165, 1.54) is 17.4 Å². The second kappa shape index (κ2) is 4.86. The summed E-state index contributed by atoms with van der Waals surface area (Å²) < 4.78 is 5.17. The van der Waals surface area contributed by atoms with Gasteiger partial charge in [0, 0.05) is 17.2 Å². The van der Waals surface area contributed by atoms with Crippen LogP contribution in [0, 0.1) is 17.0 Å². The van der Waals surface area contributed by atoms with Crippen molar-refractivity contribution in [2.24, 2.45) is 0 Å². The van der Waals surface area contributed by atoms with Gasteiger partial charge in [0.1, 0.15) is 0 Å². The highest BCUT2D eigenvalue weighted by Crippen LogP contribution is 2.28. The van der Waals surface area contributed by atoms with Crippen LogP contribution in [0.5, 0.6) is 0 Å². The highest BCUT2D eigenvalue weighted by Gasteiger charge is 2.16.